The minimum absolute atomic E-state index is 0.111. The molecule has 0 saturated carbocycles. The Morgan fingerprint density at radius 1 is 1.28 bits per heavy atom. The monoisotopic (exact) mass is 303 g/mol. The first kappa shape index (κ1) is 13.4. The van der Waals surface area contributed by atoms with Gasteiger partial charge in [-0.1, -0.05) is 6.92 Å². The van der Waals surface area contributed by atoms with Crippen LogP contribution in [0.1, 0.15) is 19.2 Å². The van der Waals surface area contributed by atoms with Gasteiger partial charge in [-0.2, -0.15) is 19.3 Å². The number of nitrogens with zero attached hydrogens (tertiary/aromatic N) is 5. The van der Waals surface area contributed by atoms with E-state index in [0.29, 0.717) is 11.8 Å². The number of ether oxygens (including phenoxy) is 1. The van der Waals surface area contributed by atoms with Gasteiger partial charge in [-0.3, -0.25) is 0 Å². The molecule has 18 heavy (non-hydrogen) atoms. The fourth-order valence-electron chi connectivity index (χ4n) is 1.02. The molecule has 2 aromatic rings. The van der Waals surface area contributed by atoms with Crippen molar-refractivity contribution in [2.75, 3.05) is 6.61 Å². The van der Waals surface area contributed by atoms with Gasteiger partial charge in [-0.05, 0) is 48.2 Å². The highest BCUT2D eigenvalue weighted by molar-refractivity contribution is 8.00. The maximum Gasteiger partial charge on any atom is 0.321 e. The third kappa shape index (κ3) is 3.76. The molecule has 0 unspecified atom stereocenters. The van der Waals surface area contributed by atoms with Crippen molar-refractivity contribution in [2.45, 2.75) is 29.8 Å². The highest BCUT2D eigenvalue weighted by Gasteiger charge is 2.10. The van der Waals surface area contributed by atoms with Crippen molar-refractivity contribution in [1.82, 2.24) is 24.3 Å². The van der Waals surface area contributed by atoms with Gasteiger partial charge in [0, 0.05) is 0 Å². The van der Waals surface area contributed by atoms with Gasteiger partial charge in [0.15, 0.2) is 4.34 Å². The number of aryl methyl sites for hydroxylation is 1. The van der Waals surface area contributed by atoms with Crippen LogP contribution in [-0.2, 0) is 0 Å². The summed E-state index contributed by atoms with van der Waals surface area (Å²) >= 11 is 8.39. The van der Waals surface area contributed by atoms with Crippen molar-refractivity contribution in [3.63, 3.8) is 0 Å². The lowest BCUT2D eigenvalue weighted by Gasteiger charge is -2.03. The number of hydrogen-bond acceptors (Lipinski definition) is 8. The highest BCUT2D eigenvalue weighted by atomic mass is 35.5. The minimum Gasteiger partial charge on any atom is -0.463 e. The summed E-state index contributed by atoms with van der Waals surface area (Å²) in [7, 11) is 0. The van der Waals surface area contributed by atoms with Crippen molar-refractivity contribution < 1.29 is 4.74 Å². The number of aromatic nitrogens is 5. The third-order valence-electron chi connectivity index (χ3n) is 1.69. The molecular weight excluding hydrogens is 294 g/mol. The first-order valence-electron chi connectivity index (χ1n) is 5.20. The lowest BCUT2D eigenvalue weighted by molar-refractivity contribution is 0.288. The highest BCUT2D eigenvalue weighted by Crippen LogP contribution is 2.27. The second kappa shape index (κ2) is 6.26. The molecule has 2 rings (SSSR count). The molecule has 0 aliphatic rings. The Morgan fingerprint density at radius 2 is 2.11 bits per heavy atom. The van der Waals surface area contributed by atoms with E-state index in [1.54, 1.807) is 0 Å². The summed E-state index contributed by atoms with van der Waals surface area (Å²) in [5, 5.41) is 0.567. The fraction of sp³-hybridized carbons (Fsp3) is 0.444. The van der Waals surface area contributed by atoms with Gasteiger partial charge in [-0.15, -0.1) is 0 Å². The third-order valence-corrected chi connectivity index (χ3v) is 3.57. The van der Waals surface area contributed by atoms with Crippen LogP contribution in [0, 0.1) is 6.92 Å². The number of rotatable bonds is 5. The second-order valence-corrected chi connectivity index (χ2v) is 5.53. The maximum atomic E-state index is 5.81. The molecule has 96 valence electrons. The summed E-state index contributed by atoms with van der Waals surface area (Å²) in [6.45, 7) is 4.38. The lowest BCUT2D eigenvalue weighted by Crippen LogP contribution is -2.02. The van der Waals surface area contributed by atoms with Crippen molar-refractivity contribution in [2.24, 2.45) is 0 Å². The summed E-state index contributed by atoms with van der Waals surface area (Å²) in [6, 6.07) is 0.237. The van der Waals surface area contributed by atoms with Gasteiger partial charge in [0.1, 0.15) is 5.82 Å². The lowest BCUT2D eigenvalue weighted by atomic mass is 10.5. The van der Waals surface area contributed by atoms with Crippen molar-refractivity contribution in [3.05, 3.63) is 11.1 Å². The molecule has 0 aliphatic heterocycles. The Labute approximate surface area is 117 Å². The quantitative estimate of drug-likeness (QED) is 0.840. The first-order chi connectivity index (χ1) is 8.67. The van der Waals surface area contributed by atoms with Crippen molar-refractivity contribution >= 4 is 34.9 Å². The Bertz CT molecular complexity index is 535. The summed E-state index contributed by atoms with van der Waals surface area (Å²) in [5.41, 5.74) is 0. The molecule has 9 heteroatoms. The van der Waals surface area contributed by atoms with Gasteiger partial charge in [0.2, 0.25) is 10.4 Å². The molecule has 0 fully saturated rings. The Kier molecular flexibility index (Phi) is 4.67. The average molecular weight is 304 g/mol. The van der Waals surface area contributed by atoms with Gasteiger partial charge in [0.25, 0.3) is 0 Å². The van der Waals surface area contributed by atoms with E-state index in [4.69, 9.17) is 16.3 Å². The predicted molar refractivity (Wildman–Crippen MR) is 69.4 cm³/mol. The van der Waals surface area contributed by atoms with Crippen LogP contribution in [0.15, 0.2) is 9.50 Å². The molecular formula is C9H10ClN5OS2. The molecule has 0 spiro atoms. The Morgan fingerprint density at radius 3 is 2.78 bits per heavy atom. The molecule has 0 N–H and O–H groups in total. The zero-order valence-corrected chi connectivity index (χ0v) is 12.1. The predicted octanol–water partition coefficient (Wildman–Crippen LogP) is 2.62. The molecule has 0 amide bonds. The van der Waals surface area contributed by atoms with E-state index in [0.717, 1.165) is 16.6 Å². The van der Waals surface area contributed by atoms with Gasteiger partial charge in [-0.25, -0.2) is 4.98 Å². The molecule has 2 heterocycles. The van der Waals surface area contributed by atoms with E-state index < -0.39 is 0 Å². The van der Waals surface area contributed by atoms with Crippen LogP contribution in [0.3, 0.4) is 0 Å². The number of hydrogen-bond donors (Lipinski definition) is 0. The van der Waals surface area contributed by atoms with Gasteiger partial charge < -0.3 is 4.74 Å². The van der Waals surface area contributed by atoms with Crippen LogP contribution in [0.25, 0.3) is 0 Å². The van der Waals surface area contributed by atoms with Crippen LogP contribution in [0.5, 0.6) is 6.01 Å². The van der Waals surface area contributed by atoms with E-state index in [-0.39, 0.29) is 11.3 Å². The molecule has 0 atom stereocenters. The van der Waals surface area contributed by atoms with Crippen molar-refractivity contribution in [1.29, 1.82) is 0 Å². The molecule has 0 saturated heterocycles. The van der Waals surface area contributed by atoms with Crippen LogP contribution in [0.2, 0.25) is 5.28 Å². The van der Waals surface area contributed by atoms with Gasteiger partial charge in [0.05, 0.1) is 6.61 Å². The smallest absolute Gasteiger partial charge is 0.321 e. The van der Waals surface area contributed by atoms with E-state index in [2.05, 4.69) is 24.3 Å². The summed E-state index contributed by atoms with van der Waals surface area (Å²) in [4.78, 5) is 16.3. The SMILES string of the molecule is CCCOc1nc(Cl)nc(Sc2nc(C)ns2)n1. The minimum atomic E-state index is 0.111. The average Bonchev–Trinajstić information content (AvgIpc) is 2.71. The Hall–Kier alpha value is -0.990. The van der Waals surface area contributed by atoms with E-state index in [9.17, 15) is 0 Å². The number of halogens is 1. The molecule has 6 nitrogen and oxygen atoms in total. The second-order valence-electron chi connectivity index (χ2n) is 3.23. The molecule has 0 aliphatic carbocycles. The summed E-state index contributed by atoms with van der Waals surface area (Å²) in [5.74, 6) is 0.727. The first-order valence-corrected chi connectivity index (χ1v) is 7.16. The maximum absolute atomic E-state index is 5.81. The molecule has 0 radical (unpaired) electrons. The van der Waals surface area contributed by atoms with E-state index in [1.165, 1.54) is 23.3 Å². The van der Waals surface area contributed by atoms with Crippen molar-refractivity contribution in [3.8, 4) is 6.01 Å². The molecule has 0 aromatic carbocycles. The summed E-state index contributed by atoms with van der Waals surface area (Å²) in [6.07, 6.45) is 0.876. The molecule has 2 aromatic heterocycles. The van der Waals surface area contributed by atoms with E-state index in [1.807, 2.05) is 13.8 Å². The zero-order chi connectivity index (χ0) is 13.0. The summed E-state index contributed by atoms with van der Waals surface area (Å²) < 4.78 is 10.2. The van der Waals surface area contributed by atoms with E-state index >= 15 is 0 Å². The topological polar surface area (TPSA) is 73.7 Å². The van der Waals surface area contributed by atoms with Crippen LogP contribution < -0.4 is 4.74 Å². The Balaban J connectivity index is 2.14. The van der Waals surface area contributed by atoms with Crippen LogP contribution in [-0.4, -0.2) is 30.9 Å². The standard InChI is InChI=1S/C9H10ClN5OS2/c1-3-4-16-7-12-6(10)13-8(14-7)17-9-11-5(2)15-18-9/h3-4H2,1-2H3. The molecule has 0 bridgehead atoms. The van der Waals surface area contributed by atoms with Crippen LogP contribution in [0.4, 0.5) is 0 Å². The van der Waals surface area contributed by atoms with Crippen LogP contribution >= 0.6 is 34.9 Å². The fourth-order valence-corrected chi connectivity index (χ4v) is 2.72. The zero-order valence-electron chi connectivity index (χ0n) is 9.75. The normalized spacial score (nSPS) is 10.6. The largest absolute Gasteiger partial charge is 0.463 e. The van der Waals surface area contributed by atoms with Gasteiger partial charge >= 0.3 is 6.01 Å².